The molecule has 2 aliphatic rings. The van der Waals surface area contributed by atoms with Gasteiger partial charge in [-0.1, -0.05) is 26.0 Å². The van der Waals surface area contributed by atoms with Crippen molar-refractivity contribution in [2.24, 2.45) is 10.9 Å². The Morgan fingerprint density at radius 1 is 1.09 bits per heavy atom. The quantitative estimate of drug-likeness (QED) is 0.464. The van der Waals surface area contributed by atoms with E-state index in [2.05, 4.69) is 25.7 Å². The number of ether oxygens (including phenoxy) is 1. The molecule has 1 fully saturated rings. The molecule has 0 radical (unpaired) electrons. The molecule has 10 nitrogen and oxygen atoms in total. The van der Waals surface area contributed by atoms with Crippen LogP contribution in [0.2, 0.25) is 0 Å². The highest BCUT2D eigenvalue weighted by Crippen LogP contribution is 2.24. The molecular formula is C24H29N5O5S. The van der Waals surface area contributed by atoms with Crippen LogP contribution in [-0.4, -0.2) is 51.5 Å². The summed E-state index contributed by atoms with van der Waals surface area (Å²) in [6.45, 7) is 4.87. The fourth-order valence-corrected chi connectivity index (χ4v) is 5.16. The summed E-state index contributed by atoms with van der Waals surface area (Å²) in [6, 6.07) is 12.1. The van der Waals surface area contributed by atoms with Gasteiger partial charge in [-0.15, -0.1) is 0 Å². The minimum Gasteiger partial charge on any atom is -0.376 e. The first-order valence-electron chi connectivity index (χ1n) is 11.5. The molecule has 186 valence electrons. The molecule has 4 rings (SSSR count). The summed E-state index contributed by atoms with van der Waals surface area (Å²) in [5, 5.41) is 8.35. The zero-order chi connectivity index (χ0) is 25.0. The molecule has 2 atom stereocenters. The third-order valence-electron chi connectivity index (χ3n) is 5.76. The first-order chi connectivity index (χ1) is 16.7. The van der Waals surface area contributed by atoms with Gasteiger partial charge in [-0.25, -0.2) is 13.2 Å². The lowest BCUT2D eigenvalue weighted by molar-refractivity contribution is -0.118. The van der Waals surface area contributed by atoms with Crippen LogP contribution >= 0.6 is 0 Å². The van der Waals surface area contributed by atoms with Crippen molar-refractivity contribution in [3.05, 3.63) is 54.1 Å². The smallest absolute Gasteiger partial charge is 0.319 e. The zero-order valence-electron chi connectivity index (χ0n) is 19.6. The molecule has 0 aliphatic carbocycles. The van der Waals surface area contributed by atoms with Crippen LogP contribution in [0.1, 0.15) is 32.3 Å². The molecular weight excluding hydrogens is 470 g/mol. The fraction of sp³-hybridized carbons (Fsp3) is 0.375. The number of rotatable bonds is 7. The first kappa shape index (κ1) is 24.7. The summed E-state index contributed by atoms with van der Waals surface area (Å²) in [4.78, 5) is 29.7. The number of benzene rings is 2. The number of amides is 3. The minimum absolute atomic E-state index is 0.0591. The van der Waals surface area contributed by atoms with Crippen LogP contribution in [0.15, 0.2) is 58.4 Å². The van der Waals surface area contributed by atoms with Gasteiger partial charge in [0, 0.05) is 30.1 Å². The zero-order valence-corrected chi connectivity index (χ0v) is 20.4. The van der Waals surface area contributed by atoms with Crippen LogP contribution in [0, 0.1) is 5.92 Å². The molecule has 2 heterocycles. The van der Waals surface area contributed by atoms with Gasteiger partial charge in [-0.3, -0.25) is 14.5 Å². The Bertz CT molecular complexity index is 1220. The molecule has 0 bridgehead atoms. The lowest BCUT2D eigenvalue weighted by Gasteiger charge is -2.17. The van der Waals surface area contributed by atoms with E-state index < -0.39 is 16.1 Å². The van der Waals surface area contributed by atoms with Gasteiger partial charge < -0.3 is 20.7 Å². The number of anilines is 2. The van der Waals surface area contributed by atoms with Gasteiger partial charge in [-0.05, 0) is 55.2 Å². The lowest BCUT2D eigenvalue weighted by Crippen LogP contribution is -2.35. The van der Waals surface area contributed by atoms with Gasteiger partial charge >= 0.3 is 6.03 Å². The molecule has 1 saturated heterocycles. The highest BCUT2D eigenvalue weighted by molar-refractivity contribution is 7.90. The van der Waals surface area contributed by atoms with Crippen LogP contribution in [0.5, 0.6) is 0 Å². The molecule has 2 aromatic carbocycles. The summed E-state index contributed by atoms with van der Waals surface area (Å²) < 4.78 is 32.6. The van der Waals surface area contributed by atoms with Gasteiger partial charge in [-0.2, -0.15) is 0 Å². The SMILES string of the molecule is CC(C)[C@H](N=C1NS(=O)(=O)c2ccccc21)C(=O)Nc1ccc(NC(=O)NCC2CCCO2)cc1. The molecule has 0 spiro atoms. The van der Waals surface area contributed by atoms with Crippen molar-refractivity contribution in [1.29, 1.82) is 0 Å². The van der Waals surface area contributed by atoms with Crippen molar-refractivity contribution < 1.29 is 22.7 Å². The average molecular weight is 500 g/mol. The molecule has 0 saturated carbocycles. The second kappa shape index (κ2) is 10.4. The number of fused-ring (bicyclic) bond motifs is 1. The summed E-state index contributed by atoms with van der Waals surface area (Å²) in [5.74, 6) is -0.401. The Morgan fingerprint density at radius 3 is 2.43 bits per heavy atom. The van der Waals surface area contributed by atoms with Crippen molar-refractivity contribution >= 4 is 39.2 Å². The summed E-state index contributed by atoms with van der Waals surface area (Å²) >= 11 is 0. The van der Waals surface area contributed by atoms with E-state index in [9.17, 15) is 18.0 Å². The Morgan fingerprint density at radius 2 is 1.77 bits per heavy atom. The fourth-order valence-electron chi connectivity index (χ4n) is 3.92. The van der Waals surface area contributed by atoms with E-state index >= 15 is 0 Å². The number of hydrogen-bond donors (Lipinski definition) is 4. The Balaban J connectivity index is 1.39. The number of amidine groups is 1. The number of carbonyl (C=O) groups is 2. The Labute approximate surface area is 204 Å². The van der Waals surface area contributed by atoms with Crippen molar-refractivity contribution in [3.63, 3.8) is 0 Å². The molecule has 2 aromatic rings. The molecule has 11 heteroatoms. The number of urea groups is 1. The molecule has 4 N–H and O–H groups in total. The highest BCUT2D eigenvalue weighted by Gasteiger charge is 2.32. The van der Waals surface area contributed by atoms with Crippen LogP contribution in [0.4, 0.5) is 16.2 Å². The van der Waals surface area contributed by atoms with Gasteiger partial charge in [0.25, 0.3) is 10.0 Å². The largest absolute Gasteiger partial charge is 0.376 e. The minimum atomic E-state index is -3.69. The van der Waals surface area contributed by atoms with Crippen molar-refractivity contribution in [2.45, 2.75) is 43.7 Å². The van der Waals surface area contributed by atoms with Gasteiger partial charge in [0.2, 0.25) is 5.91 Å². The number of sulfonamides is 1. The normalized spacial score (nSPS) is 20.2. The number of hydrogen-bond acceptors (Lipinski definition) is 6. The Hall–Kier alpha value is -3.44. The summed E-state index contributed by atoms with van der Waals surface area (Å²) in [7, 11) is -3.69. The molecule has 35 heavy (non-hydrogen) atoms. The van der Waals surface area contributed by atoms with E-state index in [-0.39, 0.29) is 34.7 Å². The van der Waals surface area contributed by atoms with E-state index in [1.54, 1.807) is 42.5 Å². The van der Waals surface area contributed by atoms with Crippen LogP contribution in [-0.2, 0) is 19.6 Å². The van der Waals surface area contributed by atoms with Crippen LogP contribution in [0.3, 0.4) is 0 Å². The number of nitrogens with one attached hydrogen (secondary N) is 4. The predicted octanol–water partition coefficient (Wildman–Crippen LogP) is 2.69. The van der Waals surface area contributed by atoms with Crippen LogP contribution in [0.25, 0.3) is 0 Å². The van der Waals surface area contributed by atoms with Gasteiger partial charge in [0.15, 0.2) is 0 Å². The standard InChI is InChI=1S/C24H29N5O5S/c1-15(2)21(28-22-19-7-3-4-8-20(19)35(32,33)29-22)23(30)26-16-9-11-17(12-10-16)27-24(31)25-14-18-6-5-13-34-18/h3-4,7-12,15,18,21H,5-6,13-14H2,1-2H3,(H,26,30)(H,28,29)(H2,25,27,31)/t18?,21-/m0/s1. The maximum Gasteiger partial charge on any atom is 0.319 e. The number of carbonyl (C=O) groups excluding carboxylic acids is 2. The van der Waals surface area contributed by atoms with Crippen LogP contribution < -0.4 is 20.7 Å². The maximum absolute atomic E-state index is 13.0. The summed E-state index contributed by atoms with van der Waals surface area (Å²) in [5.41, 5.74) is 1.54. The average Bonchev–Trinajstić information content (AvgIpc) is 3.43. The van der Waals surface area contributed by atoms with Gasteiger partial charge in [0.1, 0.15) is 11.9 Å². The second-order valence-corrected chi connectivity index (χ2v) is 10.5. The molecule has 0 aromatic heterocycles. The third-order valence-corrected chi connectivity index (χ3v) is 7.15. The highest BCUT2D eigenvalue weighted by atomic mass is 32.2. The first-order valence-corrected chi connectivity index (χ1v) is 13.0. The number of aliphatic imine (C=N–C) groups is 1. The van der Waals surface area contributed by atoms with Crippen molar-refractivity contribution in [3.8, 4) is 0 Å². The van der Waals surface area contributed by atoms with Crippen molar-refractivity contribution in [2.75, 3.05) is 23.8 Å². The van der Waals surface area contributed by atoms with E-state index in [1.165, 1.54) is 6.07 Å². The lowest BCUT2D eigenvalue weighted by atomic mass is 10.0. The van der Waals surface area contributed by atoms with E-state index in [1.807, 2.05) is 13.8 Å². The second-order valence-electron chi connectivity index (χ2n) is 8.80. The van der Waals surface area contributed by atoms with E-state index in [0.717, 1.165) is 19.4 Å². The van der Waals surface area contributed by atoms with Crippen molar-refractivity contribution in [1.82, 2.24) is 10.0 Å². The third kappa shape index (κ3) is 5.98. The molecule has 1 unspecified atom stereocenters. The van der Waals surface area contributed by atoms with E-state index in [4.69, 9.17) is 4.74 Å². The number of nitrogens with zero attached hydrogens (tertiary/aromatic N) is 1. The summed E-state index contributed by atoms with van der Waals surface area (Å²) in [6.07, 6.45) is 2.01. The molecule has 3 amide bonds. The Kier molecular flexibility index (Phi) is 7.37. The van der Waals surface area contributed by atoms with E-state index in [0.29, 0.717) is 23.5 Å². The molecule has 2 aliphatic heterocycles. The topological polar surface area (TPSA) is 138 Å². The predicted molar refractivity (Wildman–Crippen MR) is 133 cm³/mol. The maximum atomic E-state index is 13.0. The monoisotopic (exact) mass is 499 g/mol. The van der Waals surface area contributed by atoms with Gasteiger partial charge in [0.05, 0.1) is 11.0 Å².